The van der Waals surface area contributed by atoms with Crippen LogP contribution in [-0.2, 0) is 11.8 Å². The number of nitrogens with zero attached hydrogens (tertiary/aromatic N) is 3. The van der Waals surface area contributed by atoms with Crippen molar-refractivity contribution in [3.05, 3.63) is 94.8 Å². The molecule has 7 heteroatoms. The van der Waals surface area contributed by atoms with Gasteiger partial charge < -0.3 is 16.2 Å². The second-order valence-electron chi connectivity index (χ2n) is 10.9. The number of nitrogens with two attached hydrogens (primary N) is 2. The molecule has 0 saturated heterocycles. The molecule has 2 aromatic carbocycles. The van der Waals surface area contributed by atoms with Crippen LogP contribution in [0.3, 0.4) is 0 Å². The van der Waals surface area contributed by atoms with Gasteiger partial charge in [-0.2, -0.15) is 0 Å². The third-order valence-corrected chi connectivity index (χ3v) is 8.22. The number of hydrogen-bond donors (Lipinski definition) is 2. The predicted octanol–water partition coefficient (Wildman–Crippen LogP) is 6.60. The van der Waals surface area contributed by atoms with Crippen LogP contribution < -0.4 is 16.2 Å². The zero-order valence-corrected chi connectivity index (χ0v) is 23.9. The maximum atomic E-state index is 6.89. The molecule has 2 atom stereocenters. The fourth-order valence-corrected chi connectivity index (χ4v) is 6.01. The third kappa shape index (κ3) is 5.43. The molecule has 0 aliphatic carbocycles. The highest BCUT2D eigenvalue weighted by molar-refractivity contribution is 7.19. The fraction of sp³-hybridized carbons (Fsp3) is 0.281. The van der Waals surface area contributed by atoms with Crippen molar-refractivity contribution >= 4 is 21.6 Å². The number of aromatic nitrogens is 3. The number of pyridine rings is 1. The van der Waals surface area contributed by atoms with Gasteiger partial charge >= 0.3 is 0 Å². The van der Waals surface area contributed by atoms with E-state index in [0.717, 1.165) is 48.8 Å². The van der Waals surface area contributed by atoms with Gasteiger partial charge in [0.2, 0.25) is 0 Å². The van der Waals surface area contributed by atoms with Gasteiger partial charge in [0.15, 0.2) is 5.82 Å². The molecule has 4 N–H and O–H groups in total. The molecule has 3 aromatic heterocycles. The van der Waals surface area contributed by atoms with Gasteiger partial charge in [-0.15, -0.1) is 11.3 Å². The molecule has 0 aliphatic heterocycles. The van der Waals surface area contributed by atoms with E-state index < -0.39 is 6.04 Å². The summed E-state index contributed by atoms with van der Waals surface area (Å²) in [7, 11) is 1.71. The number of methoxy groups -OCH3 is 1. The van der Waals surface area contributed by atoms with Crippen LogP contribution in [0.5, 0.6) is 5.75 Å². The lowest BCUT2D eigenvalue weighted by Crippen LogP contribution is -2.36. The highest BCUT2D eigenvalue weighted by Gasteiger charge is 2.27. The first kappa shape index (κ1) is 26.9. The van der Waals surface area contributed by atoms with Gasteiger partial charge in [0.1, 0.15) is 5.75 Å². The molecule has 200 valence electrons. The second kappa shape index (κ2) is 10.8. The first-order chi connectivity index (χ1) is 18.7. The van der Waals surface area contributed by atoms with Gasteiger partial charge in [0.05, 0.1) is 29.1 Å². The second-order valence-corrected chi connectivity index (χ2v) is 12.1. The molecule has 6 nitrogen and oxygen atoms in total. The minimum absolute atomic E-state index is 0.0182. The third-order valence-electron chi connectivity index (χ3n) is 7.10. The summed E-state index contributed by atoms with van der Waals surface area (Å²) in [6.07, 6.45) is 4.15. The van der Waals surface area contributed by atoms with Crippen LogP contribution in [0.2, 0.25) is 0 Å². The maximum Gasteiger partial charge on any atom is 0.160 e. The van der Waals surface area contributed by atoms with Crippen LogP contribution in [0, 0.1) is 6.92 Å². The summed E-state index contributed by atoms with van der Waals surface area (Å²) in [5.41, 5.74) is 20.5. The van der Waals surface area contributed by atoms with E-state index in [4.69, 9.17) is 26.2 Å². The van der Waals surface area contributed by atoms with Crippen molar-refractivity contribution in [1.82, 2.24) is 15.0 Å². The van der Waals surface area contributed by atoms with E-state index in [-0.39, 0.29) is 11.5 Å². The maximum absolute atomic E-state index is 6.89. The first-order valence-corrected chi connectivity index (χ1v) is 13.9. The van der Waals surface area contributed by atoms with Gasteiger partial charge in [0.25, 0.3) is 0 Å². The van der Waals surface area contributed by atoms with E-state index in [1.54, 1.807) is 30.8 Å². The van der Waals surface area contributed by atoms with Crippen LogP contribution in [-0.4, -0.2) is 28.1 Å². The fourth-order valence-electron chi connectivity index (χ4n) is 4.87. The van der Waals surface area contributed by atoms with Crippen LogP contribution in [0.15, 0.2) is 73.1 Å². The molecule has 0 amide bonds. The molecule has 5 rings (SSSR count). The Balaban J connectivity index is 1.73. The number of thiophene rings is 1. The Morgan fingerprint density at radius 1 is 0.949 bits per heavy atom. The summed E-state index contributed by atoms with van der Waals surface area (Å²) in [5.74, 6) is 1.41. The Hall–Kier alpha value is -3.65. The van der Waals surface area contributed by atoms with E-state index in [9.17, 15) is 0 Å². The minimum Gasteiger partial charge on any atom is -0.496 e. The first-order valence-electron chi connectivity index (χ1n) is 13.1. The van der Waals surface area contributed by atoms with Gasteiger partial charge in [-0.25, -0.2) is 9.97 Å². The molecule has 0 aliphatic rings. The highest BCUT2D eigenvalue weighted by atomic mass is 32.1. The van der Waals surface area contributed by atoms with E-state index in [1.165, 1.54) is 5.56 Å². The number of hydrogen-bond acceptors (Lipinski definition) is 7. The zero-order valence-electron chi connectivity index (χ0n) is 23.1. The van der Waals surface area contributed by atoms with Gasteiger partial charge in [-0.3, -0.25) is 4.98 Å². The van der Waals surface area contributed by atoms with Crippen LogP contribution in [0.25, 0.3) is 32.7 Å². The minimum atomic E-state index is -0.481. The standard InChI is InChI=1S/C32H35N5OS/c1-19-26(23-18-22(32(2,3)4)11-12-25(23)38-5)28-30(39-19)29(37-31(36-28)21-13-15-35-16-14-21)27(34)24(33)17-20-9-7-6-8-10-20/h6-16,18,24,27H,17,33-34H2,1-5H3. The number of fused-ring (bicyclic) bond motifs is 1. The highest BCUT2D eigenvalue weighted by Crippen LogP contribution is 2.45. The van der Waals surface area contributed by atoms with Crippen LogP contribution >= 0.6 is 11.3 Å². The SMILES string of the molecule is COc1ccc(C(C)(C)C)cc1-c1c(C)sc2c(C(N)C(N)Cc3ccccc3)nc(-c3ccncc3)nc12. The lowest BCUT2D eigenvalue weighted by Gasteiger charge is -2.22. The summed E-state index contributed by atoms with van der Waals surface area (Å²) in [6, 6.07) is 19.6. The van der Waals surface area contributed by atoms with Gasteiger partial charge in [0, 0.05) is 40.0 Å². The predicted molar refractivity (Wildman–Crippen MR) is 161 cm³/mol. The quantitative estimate of drug-likeness (QED) is 0.242. The Morgan fingerprint density at radius 2 is 1.67 bits per heavy atom. The summed E-state index contributed by atoms with van der Waals surface area (Å²) >= 11 is 1.66. The van der Waals surface area contributed by atoms with E-state index in [2.05, 4.69) is 56.9 Å². The van der Waals surface area contributed by atoms with Crippen molar-refractivity contribution in [3.8, 4) is 28.3 Å². The van der Waals surface area contributed by atoms with E-state index >= 15 is 0 Å². The van der Waals surface area contributed by atoms with Gasteiger partial charge in [-0.1, -0.05) is 57.2 Å². The van der Waals surface area contributed by atoms with Gasteiger partial charge in [-0.05, 0) is 54.2 Å². The summed E-state index contributed by atoms with van der Waals surface area (Å²) in [5, 5.41) is 0. The molecule has 2 unspecified atom stereocenters. The molecule has 0 radical (unpaired) electrons. The van der Waals surface area contributed by atoms with Crippen molar-refractivity contribution in [1.29, 1.82) is 0 Å². The van der Waals surface area contributed by atoms with Crippen molar-refractivity contribution in [2.75, 3.05) is 7.11 Å². The van der Waals surface area contributed by atoms with Crippen molar-refractivity contribution in [2.24, 2.45) is 11.5 Å². The molecule has 0 fully saturated rings. The largest absolute Gasteiger partial charge is 0.496 e. The summed E-state index contributed by atoms with van der Waals surface area (Å²) in [4.78, 5) is 15.4. The summed E-state index contributed by atoms with van der Waals surface area (Å²) < 4.78 is 6.80. The lowest BCUT2D eigenvalue weighted by atomic mass is 9.85. The number of ether oxygens (including phenoxy) is 1. The molecule has 0 saturated carbocycles. The Bertz CT molecular complexity index is 1590. The van der Waals surface area contributed by atoms with Crippen LogP contribution in [0.1, 0.15) is 48.5 Å². The van der Waals surface area contributed by atoms with Crippen molar-refractivity contribution in [2.45, 2.75) is 51.6 Å². The van der Waals surface area contributed by atoms with Crippen molar-refractivity contribution in [3.63, 3.8) is 0 Å². The molecule has 3 heterocycles. The number of rotatable bonds is 7. The van der Waals surface area contributed by atoms with E-state index in [0.29, 0.717) is 12.2 Å². The summed E-state index contributed by atoms with van der Waals surface area (Å²) in [6.45, 7) is 8.76. The Kier molecular flexibility index (Phi) is 7.49. The monoisotopic (exact) mass is 537 g/mol. The molecule has 5 aromatic rings. The smallest absolute Gasteiger partial charge is 0.160 e. The van der Waals surface area contributed by atoms with E-state index in [1.807, 2.05) is 36.4 Å². The normalized spacial score (nSPS) is 13.4. The molecule has 0 bridgehead atoms. The lowest BCUT2D eigenvalue weighted by molar-refractivity contribution is 0.416. The number of aryl methyl sites for hydroxylation is 1. The van der Waals surface area contributed by atoms with Crippen molar-refractivity contribution < 1.29 is 4.74 Å². The average molecular weight is 538 g/mol. The molecular weight excluding hydrogens is 502 g/mol. The topological polar surface area (TPSA) is 99.9 Å². The zero-order chi connectivity index (χ0) is 27.7. The van der Waals surface area contributed by atoms with Crippen LogP contribution in [0.4, 0.5) is 0 Å². The molecule has 39 heavy (non-hydrogen) atoms. The number of benzene rings is 2. The average Bonchev–Trinajstić information content (AvgIpc) is 3.27. The molecule has 0 spiro atoms. The Labute approximate surface area is 234 Å². The molecular formula is C32H35N5OS. The Morgan fingerprint density at radius 3 is 2.33 bits per heavy atom.